The fraction of sp³-hybridized carbons (Fsp3) is 0.286. The minimum atomic E-state index is -0.156. The van der Waals surface area contributed by atoms with Crippen molar-refractivity contribution in [2.24, 2.45) is 7.05 Å². The van der Waals surface area contributed by atoms with Crippen LogP contribution in [0.1, 0.15) is 5.82 Å². The lowest BCUT2D eigenvalue weighted by molar-refractivity contribution is -0.122. The van der Waals surface area contributed by atoms with Crippen LogP contribution in [0.3, 0.4) is 0 Å². The Morgan fingerprint density at radius 3 is 3.00 bits per heavy atom. The summed E-state index contributed by atoms with van der Waals surface area (Å²) in [6, 6.07) is 7.48. The van der Waals surface area contributed by atoms with E-state index in [0.29, 0.717) is 12.3 Å². The van der Waals surface area contributed by atoms with Crippen molar-refractivity contribution in [1.82, 2.24) is 14.9 Å². The van der Waals surface area contributed by atoms with E-state index in [1.165, 1.54) is 0 Å². The molecular formula is C14H18N4O2. The van der Waals surface area contributed by atoms with Crippen molar-refractivity contribution in [2.45, 2.75) is 6.54 Å². The number of nitrogens with zero attached hydrogens (tertiary/aromatic N) is 2. The molecule has 0 bridgehead atoms. The van der Waals surface area contributed by atoms with Gasteiger partial charge in [0.15, 0.2) is 6.61 Å². The van der Waals surface area contributed by atoms with Crippen LogP contribution in [0.4, 0.5) is 5.69 Å². The van der Waals surface area contributed by atoms with E-state index < -0.39 is 0 Å². The number of hydrogen-bond acceptors (Lipinski definition) is 4. The fourth-order valence-corrected chi connectivity index (χ4v) is 1.66. The highest BCUT2D eigenvalue weighted by Gasteiger charge is 2.02. The van der Waals surface area contributed by atoms with Crippen molar-refractivity contribution >= 4 is 11.6 Å². The van der Waals surface area contributed by atoms with E-state index in [1.54, 1.807) is 13.2 Å². The second-order valence-corrected chi connectivity index (χ2v) is 4.30. The number of rotatable bonds is 6. The molecule has 2 N–H and O–H groups in total. The number of amides is 1. The predicted octanol–water partition coefficient (Wildman–Crippen LogP) is 1.16. The van der Waals surface area contributed by atoms with Gasteiger partial charge in [0, 0.05) is 38.2 Å². The first-order valence-corrected chi connectivity index (χ1v) is 6.32. The molecule has 0 fully saturated rings. The van der Waals surface area contributed by atoms with Gasteiger partial charge in [-0.2, -0.15) is 0 Å². The Morgan fingerprint density at radius 1 is 1.45 bits per heavy atom. The zero-order valence-electron chi connectivity index (χ0n) is 11.6. The molecule has 1 amide bonds. The minimum absolute atomic E-state index is 0.0132. The summed E-state index contributed by atoms with van der Waals surface area (Å²) in [7, 11) is 3.53. The second kappa shape index (κ2) is 6.60. The van der Waals surface area contributed by atoms with Crippen LogP contribution in [0, 0.1) is 0 Å². The molecular weight excluding hydrogens is 256 g/mol. The second-order valence-electron chi connectivity index (χ2n) is 4.30. The zero-order valence-corrected chi connectivity index (χ0v) is 11.6. The van der Waals surface area contributed by atoms with Gasteiger partial charge in [0.25, 0.3) is 5.91 Å². The summed E-state index contributed by atoms with van der Waals surface area (Å²) in [4.78, 5) is 15.4. The third-order valence-corrected chi connectivity index (χ3v) is 2.85. The van der Waals surface area contributed by atoms with Crippen LogP contribution in [0.15, 0.2) is 36.7 Å². The van der Waals surface area contributed by atoms with Crippen LogP contribution in [0.2, 0.25) is 0 Å². The number of hydrogen-bond donors (Lipinski definition) is 2. The van der Waals surface area contributed by atoms with Gasteiger partial charge < -0.3 is 19.9 Å². The van der Waals surface area contributed by atoms with E-state index in [1.807, 2.05) is 42.1 Å². The summed E-state index contributed by atoms with van der Waals surface area (Å²) in [5, 5.41) is 5.78. The maximum absolute atomic E-state index is 11.1. The molecule has 1 aromatic heterocycles. The quantitative estimate of drug-likeness (QED) is 0.829. The molecule has 0 saturated heterocycles. The topological polar surface area (TPSA) is 68.2 Å². The van der Waals surface area contributed by atoms with Gasteiger partial charge in [-0.05, 0) is 12.1 Å². The normalized spacial score (nSPS) is 10.1. The number of likely N-dealkylation sites (N-methyl/N-ethyl adjacent to an activating group) is 1. The van der Waals surface area contributed by atoms with Gasteiger partial charge in [-0.15, -0.1) is 0 Å². The number of aryl methyl sites for hydroxylation is 1. The molecule has 0 aliphatic heterocycles. The Labute approximate surface area is 117 Å². The molecule has 2 aromatic rings. The van der Waals surface area contributed by atoms with Gasteiger partial charge in [-0.3, -0.25) is 4.79 Å². The number of anilines is 1. The monoisotopic (exact) mass is 274 g/mol. The molecule has 0 spiro atoms. The average Bonchev–Trinajstić information content (AvgIpc) is 2.88. The number of nitrogens with one attached hydrogen (secondary N) is 2. The van der Waals surface area contributed by atoms with Gasteiger partial charge in [0.05, 0.1) is 6.54 Å². The first kappa shape index (κ1) is 13.9. The van der Waals surface area contributed by atoms with E-state index in [4.69, 9.17) is 4.74 Å². The van der Waals surface area contributed by atoms with Gasteiger partial charge in [-0.25, -0.2) is 4.98 Å². The third-order valence-electron chi connectivity index (χ3n) is 2.85. The Morgan fingerprint density at radius 2 is 2.30 bits per heavy atom. The third kappa shape index (κ3) is 3.74. The van der Waals surface area contributed by atoms with E-state index >= 15 is 0 Å². The molecule has 1 heterocycles. The first-order valence-electron chi connectivity index (χ1n) is 6.32. The van der Waals surface area contributed by atoms with E-state index in [9.17, 15) is 4.79 Å². The molecule has 1 aromatic carbocycles. The highest BCUT2D eigenvalue weighted by molar-refractivity contribution is 5.77. The zero-order chi connectivity index (χ0) is 14.4. The molecule has 0 saturated carbocycles. The molecule has 106 valence electrons. The van der Waals surface area contributed by atoms with Crippen LogP contribution in [-0.2, 0) is 18.4 Å². The summed E-state index contributed by atoms with van der Waals surface area (Å²) < 4.78 is 7.34. The summed E-state index contributed by atoms with van der Waals surface area (Å²) in [5.41, 5.74) is 0.919. The lowest BCUT2D eigenvalue weighted by atomic mass is 10.3. The summed E-state index contributed by atoms with van der Waals surface area (Å²) in [6.45, 7) is 0.641. The average molecular weight is 274 g/mol. The summed E-state index contributed by atoms with van der Waals surface area (Å²) in [6.07, 6.45) is 3.67. The predicted molar refractivity (Wildman–Crippen MR) is 76.5 cm³/mol. The maximum atomic E-state index is 11.1. The van der Waals surface area contributed by atoms with Crippen LogP contribution in [0.25, 0.3) is 0 Å². The largest absolute Gasteiger partial charge is 0.484 e. The smallest absolute Gasteiger partial charge is 0.257 e. The molecule has 20 heavy (non-hydrogen) atoms. The standard InChI is InChI=1S/C14H18N4O2/c1-15-14(19)10-20-12-5-3-4-11(8-12)17-9-13-16-6-7-18(13)2/h3-8,17H,9-10H2,1-2H3,(H,15,19). The van der Waals surface area contributed by atoms with E-state index in [-0.39, 0.29) is 12.5 Å². The van der Waals surface area contributed by atoms with E-state index in [0.717, 1.165) is 11.5 Å². The van der Waals surface area contributed by atoms with Gasteiger partial charge in [0.1, 0.15) is 11.6 Å². The molecule has 2 rings (SSSR count). The number of carbonyl (C=O) groups excluding carboxylic acids is 1. The maximum Gasteiger partial charge on any atom is 0.257 e. The number of benzene rings is 1. The molecule has 6 heteroatoms. The Balaban J connectivity index is 1.92. The highest BCUT2D eigenvalue weighted by Crippen LogP contribution is 2.17. The van der Waals surface area contributed by atoms with Crippen molar-refractivity contribution in [1.29, 1.82) is 0 Å². The number of carbonyl (C=O) groups is 1. The van der Waals surface area contributed by atoms with Crippen LogP contribution in [-0.4, -0.2) is 29.1 Å². The Bertz CT molecular complexity index is 580. The van der Waals surface area contributed by atoms with Gasteiger partial charge in [0.2, 0.25) is 0 Å². The fourth-order valence-electron chi connectivity index (χ4n) is 1.66. The first-order chi connectivity index (χ1) is 9.69. The lowest BCUT2D eigenvalue weighted by Gasteiger charge is -2.09. The van der Waals surface area contributed by atoms with Crippen molar-refractivity contribution in [3.05, 3.63) is 42.5 Å². The Kier molecular flexibility index (Phi) is 4.60. The molecule has 0 aliphatic carbocycles. The molecule has 0 aliphatic rings. The number of imidazole rings is 1. The number of aromatic nitrogens is 2. The van der Waals surface area contributed by atoms with Crippen molar-refractivity contribution in [2.75, 3.05) is 19.0 Å². The minimum Gasteiger partial charge on any atom is -0.484 e. The van der Waals surface area contributed by atoms with Crippen LogP contribution >= 0.6 is 0 Å². The van der Waals surface area contributed by atoms with Crippen molar-refractivity contribution in [3.63, 3.8) is 0 Å². The lowest BCUT2D eigenvalue weighted by Crippen LogP contribution is -2.24. The molecule has 0 unspecified atom stereocenters. The highest BCUT2D eigenvalue weighted by atomic mass is 16.5. The van der Waals surface area contributed by atoms with Crippen LogP contribution in [0.5, 0.6) is 5.75 Å². The van der Waals surface area contributed by atoms with Crippen LogP contribution < -0.4 is 15.4 Å². The molecule has 0 radical (unpaired) electrons. The molecule has 6 nitrogen and oxygen atoms in total. The van der Waals surface area contributed by atoms with Crippen molar-refractivity contribution < 1.29 is 9.53 Å². The SMILES string of the molecule is CNC(=O)COc1cccc(NCc2nccn2C)c1. The van der Waals surface area contributed by atoms with E-state index in [2.05, 4.69) is 15.6 Å². The summed E-state index contributed by atoms with van der Waals surface area (Å²) >= 11 is 0. The Hall–Kier alpha value is -2.50. The molecule has 0 atom stereocenters. The van der Waals surface area contributed by atoms with Crippen molar-refractivity contribution in [3.8, 4) is 5.75 Å². The summed E-state index contributed by atoms with van der Waals surface area (Å²) in [5.74, 6) is 1.44. The van der Waals surface area contributed by atoms with Gasteiger partial charge >= 0.3 is 0 Å². The number of ether oxygens (including phenoxy) is 1. The van der Waals surface area contributed by atoms with Gasteiger partial charge in [-0.1, -0.05) is 6.07 Å².